The first-order valence-electron chi connectivity index (χ1n) is 8.49. The minimum absolute atomic E-state index is 0.267. The fraction of sp³-hybridized carbons (Fsp3) is 0. The highest BCUT2D eigenvalue weighted by Crippen LogP contribution is 2.34. The topological polar surface area (TPSA) is 40.5 Å². The molecule has 0 spiro atoms. The Hall–Kier alpha value is -3.52. The lowest BCUT2D eigenvalue weighted by atomic mass is 9.96. The van der Waals surface area contributed by atoms with E-state index in [1.54, 1.807) is 18.2 Å². The molecule has 0 saturated heterocycles. The first-order valence-corrected chi connectivity index (χ1v) is 8.49. The zero-order valence-electron chi connectivity index (χ0n) is 14.1. The Morgan fingerprint density at radius 2 is 0.923 bits per heavy atom. The molecule has 0 aliphatic rings. The van der Waals surface area contributed by atoms with E-state index in [1.807, 2.05) is 54.6 Å². The van der Waals surface area contributed by atoms with Crippen LogP contribution in [-0.4, -0.2) is 10.2 Å². The Labute approximate surface area is 152 Å². The Kier molecular flexibility index (Phi) is 4.16. The molecule has 0 amide bonds. The zero-order valence-corrected chi connectivity index (χ0v) is 14.1. The molecule has 0 aliphatic heterocycles. The number of aromatic hydroxyl groups is 2. The van der Waals surface area contributed by atoms with Gasteiger partial charge in [0, 0.05) is 5.56 Å². The maximum Gasteiger partial charge on any atom is 0.123 e. The largest absolute Gasteiger partial charge is 0.508 e. The van der Waals surface area contributed by atoms with E-state index in [-0.39, 0.29) is 11.5 Å². The van der Waals surface area contributed by atoms with Gasteiger partial charge < -0.3 is 10.2 Å². The smallest absolute Gasteiger partial charge is 0.123 e. The number of phenolic OH excluding ortho intramolecular Hbond substituents is 2. The minimum Gasteiger partial charge on any atom is -0.508 e. The van der Waals surface area contributed by atoms with Gasteiger partial charge in [0.15, 0.2) is 0 Å². The second kappa shape index (κ2) is 6.77. The van der Waals surface area contributed by atoms with Crippen LogP contribution in [0.5, 0.6) is 11.5 Å². The lowest BCUT2D eigenvalue weighted by molar-refractivity contribution is 0.475. The molecule has 0 fully saturated rings. The van der Waals surface area contributed by atoms with Gasteiger partial charge in [0.05, 0.1) is 0 Å². The maximum absolute atomic E-state index is 10.2. The number of rotatable bonds is 3. The van der Waals surface area contributed by atoms with Crippen LogP contribution in [-0.2, 0) is 0 Å². The predicted octanol–water partition coefficient (Wildman–Crippen LogP) is 6.10. The number of benzene rings is 4. The highest BCUT2D eigenvalue weighted by Gasteiger charge is 2.07. The molecule has 0 atom stereocenters. The van der Waals surface area contributed by atoms with E-state index < -0.39 is 0 Å². The van der Waals surface area contributed by atoms with E-state index >= 15 is 0 Å². The minimum atomic E-state index is 0.267. The normalized spacial score (nSPS) is 10.6. The summed E-state index contributed by atoms with van der Waals surface area (Å²) < 4.78 is 0. The second-order valence-electron chi connectivity index (χ2n) is 6.22. The monoisotopic (exact) mass is 338 g/mol. The molecule has 126 valence electrons. The number of hydrogen-bond acceptors (Lipinski definition) is 2. The van der Waals surface area contributed by atoms with E-state index in [1.165, 1.54) is 0 Å². The molecule has 4 aromatic rings. The Morgan fingerprint density at radius 3 is 1.54 bits per heavy atom. The van der Waals surface area contributed by atoms with Crippen molar-refractivity contribution in [3.8, 4) is 44.9 Å². The van der Waals surface area contributed by atoms with Crippen molar-refractivity contribution in [3.63, 3.8) is 0 Å². The van der Waals surface area contributed by atoms with Gasteiger partial charge in [0.2, 0.25) is 0 Å². The van der Waals surface area contributed by atoms with Crippen molar-refractivity contribution < 1.29 is 10.2 Å². The van der Waals surface area contributed by atoms with Crippen LogP contribution < -0.4 is 0 Å². The summed E-state index contributed by atoms with van der Waals surface area (Å²) in [6.07, 6.45) is 0. The lowest BCUT2D eigenvalue weighted by Crippen LogP contribution is -1.84. The van der Waals surface area contributed by atoms with Gasteiger partial charge in [-0.2, -0.15) is 0 Å². The molecule has 2 nitrogen and oxygen atoms in total. The third kappa shape index (κ3) is 3.17. The molecule has 0 aromatic heterocycles. The average molecular weight is 338 g/mol. The third-order valence-electron chi connectivity index (χ3n) is 4.50. The molecule has 0 saturated carbocycles. The van der Waals surface area contributed by atoms with Gasteiger partial charge in [0.25, 0.3) is 0 Å². The molecule has 0 heterocycles. The summed E-state index contributed by atoms with van der Waals surface area (Å²) in [5, 5.41) is 19.6. The van der Waals surface area contributed by atoms with Crippen LogP contribution in [0.3, 0.4) is 0 Å². The molecule has 0 unspecified atom stereocenters. The van der Waals surface area contributed by atoms with Crippen molar-refractivity contribution in [1.29, 1.82) is 0 Å². The first-order chi connectivity index (χ1) is 12.7. The van der Waals surface area contributed by atoms with Crippen LogP contribution in [0.4, 0.5) is 0 Å². The van der Waals surface area contributed by atoms with Gasteiger partial charge in [-0.15, -0.1) is 0 Å². The molecule has 0 aliphatic carbocycles. The summed E-state index contributed by atoms with van der Waals surface area (Å²) in [5.74, 6) is 0.545. The molecular formula is C24H18O2. The van der Waals surface area contributed by atoms with E-state index in [2.05, 4.69) is 24.3 Å². The first kappa shape index (κ1) is 16.0. The summed E-state index contributed by atoms with van der Waals surface area (Å²) >= 11 is 0. The van der Waals surface area contributed by atoms with Crippen LogP contribution in [0.2, 0.25) is 0 Å². The van der Waals surface area contributed by atoms with Gasteiger partial charge >= 0.3 is 0 Å². The van der Waals surface area contributed by atoms with Crippen LogP contribution in [0.15, 0.2) is 97.1 Å². The van der Waals surface area contributed by atoms with Gasteiger partial charge in [-0.05, 0) is 52.1 Å². The van der Waals surface area contributed by atoms with Crippen LogP contribution in [0.1, 0.15) is 0 Å². The van der Waals surface area contributed by atoms with Crippen molar-refractivity contribution in [2.24, 2.45) is 0 Å². The van der Waals surface area contributed by atoms with Crippen molar-refractivity contribution in [2.75, 3.05) is 0 Å². The van der Waals surface area contributed by atoms with E-state index in [0.29, 0.717) is 0 Å². The molecular weight excluding hydrogens is 320 g/mol. The summed E-state index contributed by atoms with van der Waals surface area (Å²) in [6, 6.07) is 31.0. The maximum atomic E-state index is 10.2. The van der Waals surface area contributed by atoms with Gasteiger partial charge in [0.1, 0.15) is 11.5 Å². The Balaban J connectivity index is 1.69. The Bertz CT molecular complexity index is 1020. The highest BCUT2D eigenvalue weighted by atomic mass is 16.3. The standard InChI is InChI=1S/C24H18O2/c25-22-13-10-18(11-14-22)17-6-8-19(9-7-17)21-12-15-24(26)23(16-21)20-4-2-1-3-5-20/h1-16,25-26H. The Morgan fingerprint density at radius 1 is 0.423 bits per heavy atom. The van der Waals surface area contributed by atoms with E-state index in [4.69, 9.17) is 0 Å². The third-order valence-corrected chi connectivity index (χ3v) is 4.50. The van der Waals surface area contributed by atoms with E-state index in [9.17, 15) is 10.2 Å². The summed E-state index contributed by atoms with van der Waals surface area (Å²) in [6.45, 7) is 0. The lowest BCUT2D eigenvalue weighted by Gasteiger charge is -2.09. The number of phenols is 2. The molecule has 2 heteroatoms. The SMILES string of the molecule is Oc1ccc(-c2ccc(-c3ccc(O)c(-c4ccccc4)c3)cc2)cc1. The summed E-state index contributed by atoms with van der Waals surface area (Å²) in [5.41, 5.74) is 6.11. The fourth-order valence-corrected chi connectivity index (χ4v) is 3.07. The summed E-state index contributed by atoms with van der Waals surface area (Å²) in [7, 11) is 0. The molecule has 0 radical (unpaired) electrons. The quantitative estimate of drug-likeness (QED) is 0.474. The molecule has 26 heavy (non-hydrogen) atoms. The number of hydrogen-bond donors (Lipinski definition) is 2. The predicted molar refractivity (Wildman–Crippen MR) is 106 cm³/mol. The van der Waals surface area contributed by atoms with Crippen molar-refractivity contribution in [3.05, 3.63) is 97.1 Å². The zero-order chi connectivity index (χ0) is 17.9. The fourth-order valence-electron chi connectivity index (χ4n) is 3.07. The van der Waals surface area contributed by atoms with Crippen molar-refractivity contribution in [1.82, 2.24) is 0 Å². The second-order valence-corrected chi connectivity index (χ2v) is 6.22. The van der Waals surface area contributed by atoms with E-state index in [0.717, 1.165) is 33.4 Å². The van der Waals surface area contributed by atoms with Crippen molar-refractivity contribution >= 4 is 0 Å². The molecule has 4 rings (SSSR count). The molecule has 2 N–H and O–H groups in total. The summed E-state index contributed by atoms with van der Waals surface area (Å²) in [4.78, 5) is 0. The molecule has 4 aromatic carbocycles. The van der Waals surface area contributed by atoms with Gasteiger partial charge in [-0.3, -0.25) is 0 Å². The van der Waals surface area contributed by atoms with Crippen molar-refractivity contribution in [2.45, 2.75) is 0 Å². The van der Waals surface area contributed by atoms with Crippen LogP contribution >= 0.6 is 0 Å². The van der Waals surface area contributed by atoms with Gasteiger partial charge in [-0.25, -0.2) is 0 Å². The molecule has 0 bridgehead atoms. The van der Waals surface area contributed by atoms with Crippen LogP contribution in [0, 0.1) is 0 Å². The average Bonchev–Trinajstić information content (AvgIpc) is 2.70. The van der Waals surface area contributed by atoms with Crippen LogP contribution in [0.25, 0.3) is 33.4 Å². The highest BCUT2D eigenvalue weighted by molar-refractivity contribution is 5.78. The van der Waals surface area contributed by atoms with Gasteiger partial charge in [-0.1, -0.05) is 72.8 Å².